The van der Waals surface area contributed by atoms with E-state index in [9.17, 15) is 0 Å². The number of ether oxygens (including phenoxy) is 2. The normalized spacial score (nSPS) is 22.2. The minimum Gasteiger partial charge on any atom is -0.489 e. The quantitative estimate of drug-likeness (QED) is 0.919. The molecule has 1 fully saturated rings. The highest BCUT2D eigenvalue weighted by Gasteiger charge is 2.18. The second-order valence-corrected chi connectivity index (χ2v) is 5.45. The highest BCUT2D eigenvalue weighted by atomic mass is 35.5. The van der Waals surface area contributed by atoms with Crippen LogP contribution in [0.3, 0.4) is 0 Å². The summed E-state index contributed by atoms with van der Waals surface area (Å²) >= 11 is 6.19. The zero-order valence-corrected chi connectivity index (χ0v) is 12.2. The van der Waals surface area contributed by atoms with E-state index >= 15 is 0 Å². The minimum absolute atomic E-state index is 0.0260. The molecule has 0 radical (unpaired) electrons. The van der Waals surface area contributed by atoms with Crippen LogP contribution in [0.5, 0.6) is 5.75 Å². The average molecular weight is 285 g/mol. The molecule has 1 aliphatic heterocycles. The molecule has 0 aliphatic carbocycles. The first-order chi connectivity index (χ1) is 9.06. The first-order valence-electron chi connectivity index (χ1n) is 6.54. The molecule has 2 N–H and O–H groups in total. The molecule has 0 spiro atoms. The fourth-order valence-corrected chi connectivity index (χ4v) is 2.31. The molecule has 1 heterocycles. The summed E-state index contributed by atoms with van der Waals surface area (Å²) in [6.45, 7) is 5.05. The Kier molecular flexibility index (Phi) is 5.05. The van der Waals surface area contributed by atoms with Gasteiger partial charge in [0.25, 0.3) is 0 Å². The summed E-state index contributed by atoms with van der Waals surface area (Å²) in [5.41, 5.74) is 6.82. The zero-order valence-electron chi connectivity index (χ0n) is 11.4. The van der Waals surface area contributed by atoms with Gasteiger partial charge in [-0.1, -0.05) is 17.7 Å². The number of nitrogens with zero attached hydrogens (tertiary/aromatic N) is 1. The molecule has 5 heteroatoms. The number of hydrogen-bond donors (Lipinski definition) is 1. The molecule has 0 saturated carbocycles. The van der Waals surface area contributed by atoms with E-state index in [1.54, 1.807) is 0 Å². The molecule has 0 aromatic heterocycles. The molecule has 2 rings (SSSR count). The van der Waals surface area contributed by atoms with Crippen LogP contribution in [-0.4, -0.2) is 44.4 Å². The van der Waals surface area contributed by atoms with E-state index in [1.807, 2.05) is 25.1 Å². The van der Waals surface area contributed by atoms with E-state index in [0.29, 0.717) is 17.4 Å². The first-order valence-corrected chi connectivity index (χ1v) is 6.92. The van der Waals surface area contributed by atoms with Gasteiger partial charge in [0.2, 0.25) is 0 Å². The Morgan fingerprint density at radius 2 is 2.37 bits per heavy atom. The SMILES string of the molecule is CC(N)c1ccc(OCC2CN(C)CCO2)c(Cl)c1. The largest absolute Gasteiger partial charge is 0.489 e. The Hall–Kier alpha value is -0.810. The van der Waals surface area contributed by atoms with Gasteiger partial charge in [-0.3, -0.25) is 0 Å². The zero-order chi connectivity index (χ0) is 13.8. The first kappa shape index (κ1) is 14.6. The Labute approximate surface area is 119 Å². The topological polar surface area (TPSA) is 47.7 Å². The van der Waals surface area contributed by atoms with E-state index < -0.39 is 0 Å². The summed E-state index contributed by atoms with van der Waals surface area (Å²) in [6, 6.07) is 5.64. The van der Waals surface area contributed by atoms with Crippen LogP contribution in [0.1, 0.15) is 18.5 Å². The van der Waals surface area contributed by atoms with Crippen LogP contribution in [0.2, 0.25) is 5.02 Å². The average Bonchev–Trinajstić information content (AvgIpc) is 2.37. The molecule has 106 valence electrons. The van der Waals surface area contributed by atoms with Crippen molar-refractivity contribution in [2.45, 2.75) is 19.1 Å². The number of nitrogens with two attached hydrogens (primary N) is 1. The third-order valence-corrected chi connectivity index (χ3v) is 3.54. The van der Waals surface area contributed by atoms with E-state index in [-0.39, 0.29) is 12.1 Å². The fraction of sp³-hybridized carbons (Fsp3) is 0.571. The summed E-state index contributed by atoms with van der Waals surface area (Å²) < 4.78 is 11.4. The third-order valence-electron chi connectivity index (χ3n) is 3.25. The van der Waals surface area contributed by atoms with Crippen LogP contribution < -0.4 is 10.5 Å². The van der Waals surface area contributed by atoms with E-state index in [2.05, 4.69) is 11.9 Å². The smallest absolute Gasteiger partial charge is 0.138 e. The summed E-state index contributed by atoms with van der Waals surface area (Å²) in [5, 5.41) is 0.596. The Morgan fingerprint density at radius 3 is 3.00 bits per heavy atom. The highest BCUT2D eigenvalue weighted by Crippen LogP contribution is 2.27. The van der Waals surface area contributed by atoms with Gasteiger partial charge in [0.05, 0.1) is 11.6 Å². The van der Waals surface area contributed by atoms with Gasteiger partial charge in [-0.2, -0.15) is 0 Å². The number of morpholine rings is 1. The number of benzene rings is 1. The standard InChI is InChI=1S/C14H21ClN2O2/c1-10(16)11-3-4-14(13(15)7-11)19-9-12-8-17(2)5-6-18-12/h3-4,7,10,12H,5-6,8-9,16H2,1-2H3. The van der Waals surface area contributed by atoms with Crippen molar-refractivity contribution < 1.29 is 9.47 Å². The molecule has 0 bridgehead atoms. The number of rotatable bonds is 4. The fourth-order valence-electron chi connectivity index (χ4n) is 2.07. The lowest BCUT2D eigenvalue weighted by atomic mass is 10.1. The maximum absolute atomic E-state index is 6.19. The monoisotopic (exact) mass is 284 g/mol. The molecule has 1 aromatic rings. The van der Waals surface area contributed by atoms with Crippen LogP contribution in [0.25, 0.3) is 0 Å². The predicted molar refractivity (Wildman–Crippen MR) is 76.8 cm³/mol. The predicted octanol–water partition coefficient (Wildman–Crippen LogP) is 2.07. The van der Waals surface area contributed by atoms with Gasteiger partial charge in [-0.25, -0.2) is 0 Å². The van der Waals surface area contributed by atoms with Crippen molar-refractivity contribution in [1.29, 1.82) is 0 Å². The Balaban J connectivity index is 1.92. The van der Waals surface area contributed by atoms with Gasteiger partial charge in [0.1, 0.15) is 18.5 Å². The van der Waals surface area contributed by atoms with Crippen LogP contribution in [0.4, 0.5) is 0 Å². The number of halogens is 1. The van der Waals surface area contributed by atoms with Crippen molar-refractivity contribution in [2.75, 3.05) is 33.4 Å². The maximum Gasteiger partial charge on any atom is 0.138 e. The summed E-state index contributed by atoms with van der Waals surface area (Å²) in [5.74, 6) is 0.683. The maximum atomic E-state index is 6.19. The van der Waals surface area contributed by atoms with Gasteiger partial charge in [-0.15, -0.1) is 0 Å². The van der Waals surface area contributed by atoms with Gasteiger partial charge in [-0.05, 0) is 31.7 Å². The van der Waals surface area contributed by atoms with Crippen molar-refractivity contribution >= 4 is 11.6 Å². The van der Waals surface area contributed by atoms with Crippen LogP contribution in [0, 0.1) is 0 Å². The minimum atomic E-state index is -0.0260. The van der Waals surface area contributed by atoms with Crippen molar-refractivity contribution in [2.24, 2.45) is 5.73 Å². The van der Waals surface area contributed by atoms with Gasteiger partial charge in [0, 0.05) is 19.1 Å². The van der Waals surface area contributed by atoms with Crippen LogP contribution >= 0.6 is 11.6 Å². The van der Waals surface area contributed by atoms with Crippen molar-refractivity contribution in [3.8, 4) is 5.75 Å². The Morgan fingerprint density at radius 1 is 1.58 bits per heavy atom. The number of hydrogen-bond acceptors (Lipinski definition) is 4. The van der Waals surface area contributed by atoms with E-state index in [4.69, 9.17) is 26.8 Å². The molecule has 2 atom stereocenters. The molecule has 2 unspecified atom stereocenters. The van der Waals surface area contributed by atoms with Crippen molar-refractivity contribution in [3.05, 3.63) is 28.8 Å². The summed E-state index contributed by atoms with van der Waals surface area (Å²) in [7, 11) is 2.08. The summed E-state index contributed by atoms with van der Waals surface area (Å²) in [6.07, 6.45) is 0.0999. The van der Waals surface area contributed by atoms with E-state index in [1.165, 1.54) is 0 Å². The third kappa shape index (κ3) is 4.08. The van der Waals surface area contributed by atoms with Crippen molar-refractivity contribution in [1.82, 2.24) is 4.90 Å². The van der Waals surface area contributed by atoms with Crippen molar-refractivity contribution in [3.63, 3.8) is 0 Å². The molecular formula is C14H21ClN2O2. The van der Waals surface area contributed by atoms with Crippen LogP contribution in [0.15, 0.2) is 18.2 Å². The van der Waals surface area contributed by atoms with Gasteiger partial charge >= 0.3 is 0 Å². The lowest BCUT2D eigenvalue weighted by Crippen LogP contribution is -2.42. The second kappa shape index (κ2) is 6.57. The molecular weight excluding hydrogens is 264 g/mol. The molecule has 1 aromatic carbocycles. The lowest BCUT2D eigenvalue weighted by Gasteiger charge is -2.29. The van der Waals surface area contributed by atoms with Gasteiger partial charge < -0.3 is 20.1 Å². The second-order valence-electron chi connectivity index (χ2n) is 5.04. The van der Waals surface area contributed by atoms with Crippen LogP contribution in [-0.2, 0) is 4.74 Å². The molecule has 19 heavy (non-hydrogen) atoms. The highest BCUT2D eigenvalue weighted by molar-refractivity contribution is 6.32. The number of likely N-dealkylation sites (N-methyl/N-ethyl adjacent to an activating group) is 1. The Bertz CT molecular complexity index is 426. The molecule has 1 aliphatic rings. The lowest BCUT2D eigenvalue weighted by molar-refractivity contribution is -0.0403. The van der Waals surface area contributed by atoms with E-state index in [0.717, 1.165) is 25.3 Å². The molecule has 0 amide bonds. The van der Waals surface area contributed by atoms with Gasteiger partial charge in [0.15, 0.2) is 0 Å². The molecule has 4 nitrogen and oxygen atoms in total. The summed E-state index contributed by atoms with van der Waals surface area (Å²) in [4.78, 5) is 2.23. The molecule has 1 saturated heterocycles.